The number of aryl methyl sites for hydroxylation is 2. The molecule has 2 aliphatic rings. The van der Waals surface area contributed by atoms with Crippen LogP contribution in [0.2, 0.25) is 0 Å². The Hall–Kier alpha value is -2.14. The SMILES string of the molecule is Cc1noc(C)c1CCC(=O)N1CCCC[C@@H]2[C@H]1[C@@H](c1ccccc1)CCN2C. The zero-order valence-corrected chi connectivity index (χ0v) is 17.9. The van der Waals surface area contributed by atoms with Crippen LogP contribution >= 0.6 is 0 Å². The Kier molecular flexibility index (Phi) is 6.04. The van der Waals surface area contributed by atoms with Crippen molar-refractivity contribution in [3.8, 4) is 0 Å². The maximum absolute atomic E-state index is 13.5. The number of carbonyl (C=O) groups is 1. The topological polar surface area (TPSA) is 49.6 Å². The molecule has 1 aromatic carbocycles. The smallest absolute Gasteiger partial charge is 0.223 e. The Bertz CT molecular complexity index is 812. The summed E-state index contributed by atoms with van der Waals surface area (Å²) in [5.74, 6) is 1.53. The second kappa shape index (κ2) is 8.70. The molecule has 0 spiro atoms. The summed E-state index contributed by atoms with van der Waals surface area (Å²) in [7, 11) is 2.23. The van der Waals surface area contributed by atoms with Gasteiger partial charge in [0.2, 0.25) is 5.91 Å². The minimum absolute atomic E-state index is 0.260. The van der Waals surface area contributed by atoms with Crippen molar-refractivity contribution in [1.29, 1.82) is 0 Å². The van der Waals surface area contributed by atoms with Crippen LogP contribution in [0.4, 0.5) is 0 Å². The molecule has 5 heteroatoms. The van der Waals surface area contributed by atoms with E-state index in [4.69, 9.17) is 4.52 Å². The summed E-state index contributed by atoms with van der Waals surface area (Å²) in [4.78, 5) is 18.2. The van der Waals surface area contributed by atoms with E-state index in [1.165, 1.54) is 18.4 Å². The van der Waals surface area contributed by atoms with Crippen molar-refractivity contribution in [2.24, 2.45) is 0 Å². The highest BCUT2D eigenvalue weighted by molar-refractivity contribution is 5.77. The standard InChI is InChI=1S/C24H33N3O2/c1-17-20(18(2)29-25-17)12-13-23(28)27-15-8-7-11-22-24(27)21(14-16-26(22)3)19-9-5-4-6-10-19/h4-6,9-10,21-22,24H,7-8,11-16H2,1-3H3/t21-,22-,24-/m1/s1. The van der Waals surface area contributed by atoms with Gasteiger partial charge in [-0.25, -0.2) is 0 Å². The molecule has 0 bridgehead atoms. The third-order valence-electron chi connectivity index (χ3n) is 6.99. The number of fused-ring (bicyclic) bond motifs is 1. The molecule has 4 rings (SSSR count). The van der Waals surface area contributed by atoms with Crippen molar-refractivity contribution in [2.75, 3.05) is 20.1 Å². The van der Waals surface area contributed by atoms with Crippen molar-refractivity contribution < 1.29 is 9.32 Å². The molecule has 0 unspecified atom stereocenters. The number of hydrogen-bond donors (Lipinski definition) is 0. The number of piperidine rings is 1. The van der Waals surface area contributed by atoms with Gasteiger partial charge in [0.05, 0.1) is 11.7 Å². The molecule has 2 fully saturated rings. The molecule has 0 aliphatic carbocycles. The second-order valence-corrected chi connectivity index (χ2v) is 8.73. The molecule has 0 saturated carbocycles. The fraction of sp³-hybridized carbons (Fsp3) is 0.583. The van der Waals surface area contributed by atoms with Crippen molar-refractivity contribution in [1.82, 2.24) is 15.0 Å². The molecule has 156 valence electrons. The first-order valence-electron chi connectivity index (χ1n) is 11.0. The highest BCUT2D eigenvalue weighted by Gasteiger charge is 2.43. The van der Waals surface area contributed by atoms with Crippen LogP contribution in [0, 0.1) is 13.8 Å². The number of nitrogens with zero attached hydrogens (tertiary/aromatic N) is 3. The van der Waals surface area contributed by atoms with Gasteiger partial charge in [0.1, 0.15) is 5.76 Å². The molecule has 3 atom stereocenters. The number of hydrogen-bond acceptors (Lipinski definition) is 4. The number of benzene rings is 1. The number of likely N-dealkylation sites (N-methyl/N-ethyl adjacent to an activating group) is 1. The van der Waals surface area contributed by atoms with Gasteiger partial charge < -0.3 is 14.3 Å². The molecule has 2 aliphatic heterocycles. The van der Waals surface area contributed by atoms with E-state index in [0.29, 0.717) is 24.8 Å². The number of rotatable bonds is 4. The summed E-state index contributed by atoms with van der Waals surface area (Å²) in [6, 6.07) is 11.5. The number of amides is 1. The van der Waals surface area contributed by atoms with Gasteiger partial charge in [0.15, 0.2) is 0 Å². The first-order chi connectivity index (χ1) is 14.1. The Morgan fingerprint density at radius 1 is 1.14 bits per heavy atom. The molecule has 0 N–H and O–H groups in total. The van der Waals surface area contributed by atoms with Gasteiger partial charge in [-0.3, -0.25) is 4.79 Å². The largest absolute Gasteiger partial charge is 0.361 e. The van der Waals surface area contributed by atoms with Gasteiger partial charge >= 0.3 is 0 Å². The summed E-state index contributed by atoms with van der Waals surface area (Å²) in [5.41, 5.74) is 3.37. The van der Waals surface area contributed by atoms with E-state index < -0.39 is 0 Å². The summed E-state index contributed by atoms with van der Waals surface area (Å²) in [5, 5.41) is 4.04. The first kappa shape index (κ1) is 20.1. The van der Waals surface area contributed by atoms with Gasteiger partial charge in [0, 0.05) is 30.5 Å². The maximum Gasteiger partial charge on any atom is 0.223 e. The highest BCUT2D eigenvalue weighted by Crippen LogP contribution is 2.38. The van der Waals surface area contributed by atoms with Crippen LogP contribution in [0.25, 0.3) is 0 Å². The van der Waals surface area contributed by atoms with E-state index in [-0.39, 0.29) is 11.9 Å². The molecule has 2 saturated heterocycles. The lowest BCUT2D eigenvalue weighted by atomic mass is 9.79. The van der Waals surface area contributed by atoms with Crippen LogP contribution in [0.5, 0.6) is 0 Å². The third kappa shape index (κ3) is 4.11. The van der Waals surface area contributed by atoms with Crippen molar-refractivity contribution in [2.45, 2.75) is 70.4 Å². The van der Waals surface area contributed by atoms with Crippen LogP contribution in [0.15, 0.2) is 34.9 Å². The van der Waals surface area contributed by atoms with E-state index in [1.807, 2.05) is 13.8 Å². The van der Waals surface area contributed by atoms with Crippen molar-refractivity contribution >= 4 is 5.91 Å². The Morgan fingerprint density at radius 3 is 2.66 bits per heavy atom. The summed E-state index contributed by atoms with van der Waals surface area (Å²) < 4.78 is 5.29. The summed E-state index contributed by atoms with van der Waals surface area (Å²) in [6.07, 6.45) is 5.81. The van der Waals surface area contributed by atoms with Gasteiger partial charge in [-0.1, -0.05) is 41.9 Å². The lowest BCUT2D eigenvalue weighted by Crippen LogP contribution is -2.58. The predicted molar refractivity (Wildman–Crippen MR) is 114 cm³/mol. The molecule has 1 aromatic heterocycles. The van der Waals surface area contributed by atoms with Gasteiger partial charge in [-0.15, -0.1) is 0 Å². The van der Waals surface area contributed by atoms with Crippen LogP contribution in [0.1, 0.15) is 60.6 Å². The molecular formula is C24H33N3O2. The first-order valence-corrected chi connectivity index (χ1v) is 11.0. The van der Waals surface area contributed by atoms with E-state index in [2.05, 4.69) is 52.3 Å². The second-order valence-electron chi connectivity index (χ2n) is 8.73. The van der Waals surface area contributed by atoms with E-state index in [1.54, 1.807) is 0 Å². The zero-order valence-electron chi connectivity index (χ0n) is 17.9. The molecule has 0 radical (unpaired) electrons. The monoisotopic (exact) mass is 395 g/mol. The molecule has 3 heterocycles. The van der Waals surface area contributed by atoms with Crippen LogP contribution in [-0.4, -0.2) is 53.1 Å². The number of likely N-dealkylation sites (tertiary alicyclic amines) is 2. The fourth-order valence-corrected chi connectivity index (χ4v) is 5.40. The number of aromatic nitrogens is 1. The van der Waals surface area contributed by atoms with E-state index >= 15 is 0 Å². The molecule has 2 aromatic rings. The minimum atomic E-state index is 0.260. The summed E-state index contributed by atoms with van der Waals surface area (Å²) >= 11 is 0. The van der Waals surface area contributed by atoms with Gasteiger partial charge in [0.25, 0.3) is 0 Å². The van der Waals surface area contributed by atoms with Gasteiger partial charge in [-0.2, -0.15) is 0 Å². The normalized spacial score (nSPS) is 25.5. The van der Waals surface area contributed by atoms with Crippen molar-refractivity contribution in [3.05, 3.63) is 52.9 Å². The molecule has 1 amide bonds. The van der Waals surface area contributed by atoms with E-state index in [0.717, 1.165) is 42.9 Å². The quantitative estimate of drug-likeness (QED) is 0.782. The number of carbonyl (C=O) groups excluding carboxylic acids is 1. The molecule has 5 nitrogen and oxygen atoms in total. The van der Waals surface area contributed by atoms with Crippen LogP contribution < -0.4 is 0 Å². The Labute approximate surface area is 174 Å². The Balaban J connectivity index is 1.58. The van der Waals surface area contributed by atoms with E-state index in [9.17, 15) is 4.79 Å². The highest BCUT2D eigenvalue weighted by atomic mass is 16.5. The molecule has 29 heavy (non-hydrogen) atoms. The fourth-order valence-electron chi connectivity index (χ4n) is 5.40. The predicted octanol–water partition coefficient (Wildman–Crippen LogP) is 4.09. The maximum atomic E-state index is 13.5. The summed E-state index contributed by atoms with van der Waals surface area (Å²) in [6.45, 7) is 5.86. The lowest BCUT2D eigenvalue weighted by molar-refractivity contribution is -0.136. The van der Waals surface area contributed by atoms with Crippen LogP contribution in [0.3, 0.4) is 0 Å². The third-order valence-corrected chi connectivity index (χ3v) is 6.99. The van der Waals surface area contributed by atoms with Crippen molar-refractivity contribution in [3.63, 3.8) is 0 Å². The zero-order chi connectivity index (χ0) is 20.4. The Morgan fingerprint density at radius 2 is 1.93 bits per heavy atom. The van der Waals surface area contributed by atoms with Crippen LogP contribution in [-0.2, 0) is 11.2 Å². The molecular weight excluding hydrogens is 362 g/mol. The average Bonchev–Trinajstić information content (AvgIpc) is 2.92. The minimum Gasteiger partial charge on any atom is -0.361 e. The average molecular weight is 396 g/mol. The van der Waals surface area contributed by atoms with Gasteiger partial charge in [-0.05, 0) is 58.7 Å². The lowest BCUT2D eigenvalue weighted by Gasteiger charge is -2.48.